The van der Waals surface area contributed by atoms with Crippen molar-refractivity contribution in [2.75, 3.05) is 6.54 Å². The molecule has 4 aromatic carbocycles. The zero-order valence-electron chi connectivity index (χ0n) is 27.9. The van der Waals surface area contributed by atoms with E-state index >= 15 is 0 Å². The lowest BCUT2D eigenvalue weighted by molar-refractivity contribution is 0.0586. The average molecular weight is 681 g/mol. The van der Waals surface area contributed by atoms with Gasteiger partial charge in [0.15, 0.2) is 5.66 Å². The SMILES string of the molecule is O=C(N=C1N(Cc2ccccc2)C[C@]2(C=C3CCCCC3n3c(=O)n(-c4ccccc4)c(=O)n32)N1C(=O)OCc1ccccc1)c1ccccc1. The molecule has 0 bridgehead atoms. The number of ether oxygens (including phenoxy) is 1. The zero-order valence-corrected chi connectivity index (χ0v) is 27.9. The summed E-state index contributed by atoms with van der Waals surface area (Å²) < 4.78 is 10.1. The number of carbonyl (C=O) groups excluding carboxylic acids is 2. The summed E-state index contributed by atoms with van der Waals surface area (Å²) in [7, 11) is 0. The summed E-state index contributed by atoms with van der Waals surface area (Å²) in [4.78, 5) is 65.6. The Hall–Kier alpha value is -6.23. The molecule has 11 nitrogen and oxygen atoms in total. The molecule has 3 aliphatic rings. The lowest BCUT2D eigenvalue weighted by Crippen LogP contribution is -2.59. The second kappa shape index (κ2) is 13.2. The molecular formula is C40H36N6O5. The molecule has 3 heterocycles. The number of allylic oxidation sites excluding steroid dienone is 1. The van der Waals surface area contributed by atoms with Crippen molar-refractivity contribution in [2.45, 2.75) is 50.5 Å². The Labute approximate surface area is 293 Å². The minimum atomic E-state index is -1.60. The van der Waals surface area contributed by atoms with Gasteiger partial charge in [0.2, 0.25) is 5.96 Å². The smallest absolute Gasteiger partial charge is 0.419 e. The van der Waals surface area contributed by atoms with Crippen molar-refractivity contribution in [2.24, 2.45) is 4.99 Å². The first kappa shape index (κ1) is 32.0. The van der Waals surface area contributed by atoms with E-state index in [1.807, 2.05) is 77.7 Å². The van der Waals surface area contributed by atoms with Crippen LogP contribution in [-0.4, -0.2) is 48.2 Å². The molecule has 51 heavy (non-hydrogen) atoms. The third-order valence-electron chi connectivity index (χ3n) is 9.81. The van der Waals surface area contributed by atoms with Crippen LogP contribution in [0.15, 0.2) is 148 Å². The van der Waals surface area contributed by atoms with Gasteiger partial charge in [0.05, 0.1) is 18.3 Å². The van der Waals surface area contributed by atoms with Gasteiger partial charge < -0.3 is 9.64 Å². The average Bonchev–Trinajstić information content (AvgIpc) is 3.61. The molecule has 5 aromatic rings. The summed E-state index contributed by atoms with van der Waals surface area (Å²) in [6.45, 7) is 0.227. The molecule has 1 aliphatic carbocycles. The number of para-hydroxylation sites is 1. The van der Waals surface area contributed by atoms with Gasteiger partial charge in [-0.25, -0.2) is 28.5 Å². The van der Waals surface area contributed by atoms with Crippen LogP contribution < -0.4 is 11.4 Å². The molecule has 1 aromatic heterocycles. The fourth-order valence-corrected chi connectivity index (χ4v) is 7.52. The van der Waals surface area contributed by atoms with Crippen molar-refractivity contribution in [1.82, 2.24) is 23.7 Å². The van der Waals surface area contributed by atoms with Crippen molar-refractivity contribution < 1.29 is 14.3 Å². The molecule has 1 saturated carbocycles. The minimum Gasteiger partial charge on any atom is -0.444 e. The fourth-order valence-electron chi connectivity index (χ4n) is 7.52. The van der Waals surface area contributed by atoms with E-state index < -0.39 is 29.0 Å². The van der Waals surface area contributed by atoms with Gasteiger partial charge in [0.1, 0.15) is 6.61 Å². The Bertz CT molecular complexity index is 2260. The molecule has 1 spiro atoms. The van der Waals surface area contributed by atoms with Crippen molar-refractivity contribution in [3.05, 3.63) is 171 Å². The summed E-state index contributed by atoms with van der Waals surface area (Å²) >= 11 is 0. The largest absolute Gasteiger partial charge is 0.444 e. The number of guanidine groups is 1. The number of aliphatic imine (C=N–C) groups is 1. The molecule has 2 aliphatic heterocycles. The molecule has 2 atom stereocenters. The predicted octanol–water partition coefficient (Wildman–Crippen LogP) is 5.86. The van der Waals surface area contributed by atoms with E-state index in [1.165, 1.54) is 14.3 Å². The molecule has 2 amide bonds. The normalized spacial score (nSPS) is 20.2. The highest BCUT2D eigenvalue weighted by molar-refractivity contribution is 6.07. The monoisotopic (exact) mass is 680 g/mol. The number of aromatic nitrogens is 3. The van der Waals surface area contributed by atoms with Crippen LogP contribution >= 0.6 is 0 Å². The van der Waals surface area contributed by atoms with Crippen LogP contribution in [0.1, 0.15) is 53.2 Å². The van der Waals surface area contributed by atoms with Gasteiger partial charge >= 0.3 is 17.5 Å². The van der Waals surface area contributed by atoms with Crippen molar-refractivity contribution >= 4 is 18.0 Å². The molecule has 2 fully saturated rings. The number of hydrogen-bond acceptors (Lipinski definition) is 5. The van der Waals surface area contributed by atoms with E-state index in [0.29, 0.717) is 24.1 Å². The molecule has 1 saturated heterocycles. The zero-order chi connectivity index (χ0) is 35.0. The lowest BCUT2D eigenvalue weighted by atomic mass is 9.86. The quantitative estimate of drug-likeness (QED) is 0.208. The van der Waals surface area contributed by atoms with E-state index in [9.17, 15) is 19.2 Å². The van der Waals surface area contributed by atoms with E-state index in [1.54, 1.807) is 54.6 Å². The van der Waals surface area contributed by atoms with E-state index in [0.717, 1.165) is 34.1 Å². The predicted molar refractivity (Wildman–Crippen MR) is 191 cm³/mol. The number of rotatable bonds is 6. The maximum absolute atomic E-state index is 14.8. The maximum Gasteiger partial charge on any atom is 0.419 e. The lowest BCUT2D eigenvalue weighted by Gasteiger charge is -2.42. The first-order chi connectivity index (χ1) is 24.9. The molecular weight excluding hydrogens is 644 g/mol. The highest BCUT2D eigenvalue weighted by Gasteiger charge is 2.58. The van der Waals surface area contributed by atoms with Crippen LogP contribution in [-0.2, 0) is 23.6 Å². The topological polar surface area (TPSA) is 111 Å². The van der Waals surface area contributed by atoms with Crippen LogP contribution in [0.2, 0.25) is 0 Å². The van der Waals surface area contributed by atoms with Gasteiger partial charge in [-0.15, -0.1) is 0 Å². The summed E-state index contributed by atoms with van der Waals surface area (Å²) in [5, 5.41) is 0. The molecule has 0 N–H and O–H groups in total. The minimum absolute atomic E-state index is 0.0234. The van der Waals surface area contributed by atoms with Crippen molar-refractivity contribution in [3.8, 4) is 5.69 Å². The molecule has 1 unspecified atom stereocenters. The van der Waals surface area contributed by atoms with Crippen LogP contribution in [0.3, 0.4) is 0 Å². The molecule has 0 radical (unpaired) electrons. The number of amides is 2. The number of carbonyl (C=O) groups is 2. The molecule has 256 valence electrons. The Kier molecular flexibility index (Phi) is 8.31. The first-order valence-electron chi connectivity index (χ1n) is 17.2. The van der Waals surface area contributed by atoms with Gasteiger partial charge in [0, 0.05) is 12.1 Å². The first-order valence-corrected chi connectivity index (χ1v) is 17.2. The summed E-state index contributed by atoms with van der Waals surface area (Å²) in [6.07, 6.45) is 4.27. The van der Waals surface area contributed by atoms with Gasteiger partial charge in [-0.05, 0) is 66.3 Å². The Morgan fingerprint density at radius 1 is 0.765 bits per heavy atom. The third-order valence-corrected chi connectivity index (χ3v) is 9.81. The molecule has 8 rings (SSSR count). The van der Waals surface area contributed by atoms with Gasteiger partial charge in [-0.2, -0.15) is 9.67 Å². The van der Waals surface area contributed by atoms with E-state index in [4.69, 9.17) is 4.74 Å². The Morgan fingerprint density at radius 2 is 1.39 bits per heavy atom. The van der Waals surface area contributed by atoms with Gasteiger partial charge in [-0.1, -0.05) is 103 Å². The van der Waals surface area contributed by atoms with Gasteiger partial charge in [-0.3, -0.25) is 4.79 Å². The second-order valence-corrected chi connectivity index (χ2v) is 13.1. The highest BCUT2D eigenvalue weighted by Crippen LogP contribution is 2.44. The number of hydrogen-bond donors (Lipinski definition) is 0. The van der Waals surface area contributed by atoms with Crippen LogP contribution in [0.25, 0.3) is 5.69 Å². The number of fused-ring (bicyclic) bond motifs is 4. The Morgan fingerprint density at radius 3 is 2.08 bits per heavy atom. The Balaban J connectivity index is 1.37. The van der Waals surface area contributed by atoms with Crippen LogP contribution in [0.4, 0.5) is 4.79 Å². The van der Waals surface area contributed by atoms with Crippen LogP contribution in [0.5, 0.6) is 0 Å². The van der Waals surface area contributed by atoms with Crippen molar-refractivity contribution in [1.29, 1.82) is 0 Å². The summed E-state index contributed by atoms with van der Waals surface area (Å²) in [6, 6.07) is 36.0. The third kappa shape index (κ3) is 5.70. The van der Waals surface area contributed by atoms with Crippen molar-refractivity contribution in [3.63, 3.8) is 0 Å². The maximum atomic E-state index is 14.8. The number of nitrogens with zero attached hydrogens (tertiary/aromatic N) is 6. The second-order valence-electron chi connectivity index (χ2n) is 13.1. The summed E-state index contributed by atoms with van der Waals surface area (Å²) in [5.74, 6) is -0.539. The van der Waals surface area contributed by atoms with E-state index in [2.05, 4.69) is 4.99 Å². The number of benzene rings is 4. The highest BCUT2D eigenvalue weighted by atomic mass is 16.6. The summed E-state index contributed by atoms with van der Waals surface area (Å²) in [5.41, 5.74) is 0.656. The molecule has 11 heteroatoms. The standard InChI is InChI=1S/C40H36N6O5/c47-35(31-19-9-3-10-20-31)41-36-42(26-29-15-5-1-6-16-29)28-40(44(36)39(50)51-27-30-17-7-2-8-18-30)25-32-21-13-14-24-34(32)45-37(48)43(38(49)46(40)45)33-22-11-4-12-23-33/h1-12,15-20,22-23,25,34H,13-14,21,24,26-28H2/t34?,40-/m1/s1. The fraction of sp³-hybridized carbons (Fsp3) is 0.225. The van der Waals surface area contributed by atoms with Gasteiger partial charge in [0.25, 0.3) is 5.91 Å². The van der Waals surface area contributed by atoms with E-state index in [-0.39, 0.29) is 31.7 Å². The van der Waals surface area contributed by atoms with Crippen LogP contribution in [0, 0.1) is 0 Å².